The number of nitrogens with zero attached hydrogens (tertiary/aromatic N) is 3. The van der Waals surface area contributed by atoms with Gasteiger partial charge in [0.2, 0.25) is 5.91 Å². The summed E-state index contributed by atoms with van der Waals surface area (Å²) in [5.41, 5.74) is 8.95. The molecule has 2 N–H and O–H groups in total. The Balaban J connectivity index is 1.74. The summed E-state index contributed by atoms with van der Waals surface area (Å²) in [6, 6.07) is 8.41. The van der Waals surface area contributed by atoms with Gasteiger partial charge >= 0.3 is 0 Å². The third-order valence-electron chi connectivity index (χ3n) is 4.59. The van der Waals surface area contributed by atoms with Crippen LogP contribution in [-0.4, -0.2) is 41.5 Å². The van der Waals surface area contributed by atoms with Gasteiger partial charge in [0, 0.05) is 37.5 Å². The molecule has 0 aliphatic carbocycles. The quantitative estimate of drug-likeness (QED) is 0.863. The lowest BCUT2D eigenvalue weighted by atomic mass is 10.1. The minimum Gasteiger partial charge on any atom is -0.396 e. The largest absolute Gasteiger partial charge is 0.396 e. The van der Waals surface area contributed by atoms with Crippen LogP contribution in [0.3, 0.4) is 0 Å². The second kappa shape index (κ2) is 4.62. The van der Waals surface area contributed by atoms with Crippen molar-refractivity contribution in [2.45, 2.75) is 18.9 Å². The van der Waals surface area contributed by atoms with Gasteiger partial charge in [0.05, 0.1) is 23.1 Å². The van der Waals surface area contributed by atoms with E-state index in [1.165, 1.54) is 0 Å². The van der Waals surface area contributed by atoms with E-state index in [4.69, 9.17) is 5.73 Å². The Kier molecular flexibility index (Phi) is 2.74. The van der Waals surface area contributed by atoms with Gasteiger partial charge in [-0.05, 0) is 12.5 Å². The molecule has 0 radical (unpaired) electrons. The Morgan fingerprint density at radius 1 is 1.24 bits per heavy atom. The van der Waals surface area contributed by atoms with Crippen molar-refractivity contribution in [1.82, 2.24) is 9.88 Å². The predicted molar refractivity (Wildman–Crippen MR) is 83.1 cm³/mol. The standard InChI is InChI=1S/C16H18N4O/c17-13-9-18-14-4-2-1-3-12(14)16(13)19-7-8-20-11(10-19)5-6-15(20)21/h1-4,9,11H,5-8,10,17H2. The molecule has 0 saturated carbocycles. The van der Waals surface area contributed by atoms with Crippen LogP contribution in [0.25, 0.3) is 10.9 Å². The molecular weight excluding hydrogens is 264 g/mol. The molecule has 108 valence electrons. The fourth-order valence-corrected chi connectivity index (χ4v) is 3.56. The number of fused-ring (bicyclic) bond motifs is 2. The van der Waals surface area contributed by atoms with Crippen molar-refractivity contribution in [3.63, 3.8) is 0 Å². The predicted octanol–water partition coefficient (Wildman–Crippen LogP) is 1.63. The van der Waals surface area contributed by atoms with E-state index in [9.17, 15) is 4.79 Å². The van der Waals surface area contributed by atoms with Crippen LogP contribution in [0.15, 0.2) is 30.5 Å². The molecule has 21 heavy (non-hydrogen) atoms. The zero-order valence-electron chi connectivity index (χ0n) is 11.8. The summed E-state index contributed by atoms with van der Waals surface area (Å²) in [4.78, 5) is 20.5. The summed E-state index contributed by atoms with van der Waals surface area (Å²) < 4.78 is 0. The number of carbonyl (C=O) groups excluding carboxylic acids is 1. The summed E-state index contributed by atoms with van der Waals surface area (Å²) >= 11 is 0. The number of hydrogen-bond donors (Lipinski definition) is 1. The van der Waals surface area contributed by atoms with Crippen LogP contribution in [0, 0.1) is 0 Å². The number of rotatable bonds is 1. The molecule has 2 fully saturated rings. The fourth-order valence-electron chi connectivity index (χ4n) is 3.56. The Bertz CT molecular complexity index is 714. The number of amides is 1. The zero-order chi connectivity index (χ0) is 14.4. The maximum Gasteiger partial charge on any atom is 0.223 e. The van der Waals surface area contributed by atoms with Crippen LogP contribution >= 0.6 is 0 Å². The van der Waals surface area contributed by atoms with Crippen molar-refractivity contribution < 1.29 is 4.79 Å². The molecule has 5 heteroatoms. The highest BCUT2D eigenvalue weighted by Crippen LogP contribution is 2.34. The van der Waals surface area contributed by atoms with Crippen molar-refractivity contribution in [3.05, 3.63) is 30.5 Å². The highest BCUT2D eigenvalue weighted by atomic mass is 16.2. The first-order chi connectivity index (χ1) is 10.2. The first-order valence-electron chi connectivity index (χ1n) is 7.41. The second-order valence-corrected chi connectivity index (χ2v) is 5.80. The lowest BCUT2D eigenvalue weighted by molar-refractivity contribution is -0.129. The summed E-state index contributed by atoms with van der Waals surface area (Å²) in [6.07, 6.45) is 3.38. The Morgan fingerprint density at radius 3 is 3.00 bits per heavy atom. The van der Waals surface area contributed by atoms with E-state index in [-0.39, 0.29) is 0 Å². The van der Waals surface area contributed by atoms with Crippen LogP contribution < -0.4 is 10.6 Å². The van der Waals surface area contributed by atoms with E-state index >= 15 is 0 Å². The van der Waals surface area contributed by atoms with Gasteiger partial charge in [-0.25, -0.2) is 0 Å². The van der Waals surface area contributed by atoms with Crippen LogP contribution in [0.2, 0.25) is 0 Å². The maximum atomic E-state index is 11.8. The van der Waals surface area contributed by atoms with Crippen LogP contribution in [0.5, 0.6) is 0 Å². The molecule has 0 bridgehead atoms. The smallest absolute Gasteiger partial charge is 0.223 e. The number of nitrogen functional groups attached to an aromatic ring is 1. The molecule has 1 unspecified atom stereocenters. The summed E-state index contributed by atoms with van der Waals surface area (Å²) in [5, 5.41) is 1.09. The zero-order valence-corrected chi connectivity index (χ0v) is 11.8. The number of para-hydroxylation sites is 1. The molecule has 2 aliphatic rings. The Hall–Kier alpha value is -2.30. The number of pyridine rings is 1. The van der Waals surface area contributed by atoms with Crippen molar-refractivity contribution in [2.24, 2.45) is 0 Å². The molecule has 5 nitrogen and oxygen atoms in total. The van der Waals surface area contributed by atoms with E-state index < -0.39 is 0 Å². The number of nitrogens with two attached hydrogens (primary N) is 1. The number of aromatic nitrogens is 1. The van der Waals surface area contributed by atoms with E-state index in [0.717, 1.165) is 42.6 Å². The van der Waals surface area contributed by atoms with Crippen molar-refractivity contribution >= 4 is 28.2 Å². The van der Waals surface area contributed by atoms with Gasteiger partial charge < -0.3 is 15.5 Å². The highest BCUT2D eigenvalue weighted by molar-refractivity contribution is 5.97. The Labute approximate surface area is 123 Å². The summed E-state index contributed by atoms with van der Waals surface area (Å²) in [6.45, 7) is 2.49. The van der Waals surface area contributed by atoms with Crippen LogP contribution in [0.1, 0.15) is 12.8 Å². The monoisotopic (exact) mass is 282 g/mol. The number of carbonyl (C=O) groups is 1. The van der Waals surface area contributed by atoms with Gasteiger partial charge in [0.25, 0.3) is 0 Å². The third-order valence-corrected chi connectivity index (χ3v) is 4.59. The van der Waals surface area contributed by atoms with Gasteiger partial charge in [0.15, 0.2) is 0 Å². The van der Waals surface area contributed by atoms with Gasteiger partial charge in [0.1, 0.15) is 0 Å². The second-order valence-electron chi connectivity index (χ2n) is 5.80. The maximum absolute atomic E-state index is 11.8. The molecule has 1 atom stereocenters. The average Bonchev–Trinajstić information content (AvgIpc) is 2.88. The molecule has 2 aliphatic heterocycles. The lowest BCUT2D eigenvalue weighted by Crippen LogP contribution is -2.51. The van der Waals surface area contributed by atoms with Crippen molar-refractivity contribution in [3.8, 4) is 0 Å². The molecular formula is C16H18N4O. The number of anilines is 2. The van der Waals surface area contributed by atoms with Crippen molar-refractivity contribution in [2.75, 3.05) is 30.3 Å². The molecule has 1 aromatic carbocycles. The minimum absolute atomic E-state index is 0.298. The van der Waals surface area contributed by atoms with E-state index in [1.807, 2.05) is 23.1 Å². The van der Waals surface area contributed by atoms with Gasteiger partial charge in [-0.2, -0.15) is 0 Å². The van der Waals surface area contributed by atoms with E-state index in [0.29, 0.717) is 24.1 Å². The molecule has 1 amide bonds. The number of benzene rings is 1. The topological polar surface area (TPSA) is 62.5 Å². The number of piperazine rings is 1. The fraction of sp³-hybridized carbons (Fsp3) is 0.375. The molecule has 4 rings (SSSR count). The highest BCUT2D eigenvalue weighted by Gasteiger charge is 2.36. The van der Waals surface area contributed by atoms with Crippen molar-refractivity contribution in [1.29, 1.82) is 0 Å². The first-order valence-corrected chi connectivity index (χ1v) is 7.41. The third kappa shape index (κ3) is 1.92. The molecule has 0 spiro atoms. The first kappa shape index (κ1) is 12.4. The van der Waals surface area contributed by atoms with E-state index in [2.05, 4.69) is 16.0 Å². The Morgan fingerprint density at radius 2 is 2.10 bits per heavy atom. The van der Waals surface area contributed by atoms with Gasteiger partial charge in [-0.3, -0.25) is 9.78 Å². The van der Waals surface area contributed by atoms with Gasteiger partial charge in [-0.1, -0.05) is 18.2 Å². The van der Waals surface area contributed by atoms with Crippen LogP contribution in [-0.2, 0) is 4.79 Å². The number of hydrogen-bond acceptors (Lipinski definition) is 4. The molecule has 2 aromatic rings. The SMILES string of the molecule is Nc1cnc2ccccc2c1N1CCN2C(=O)CCC2C1. The molecule has 2 saturated heterocycles. The summed E-state index contributed by atoms with van der Waals surface area (Å²) in [7, 11) is 0. The molecule has 1 aromatic heterocycles. The van der Waals surface area contributed by atoms with E-state index in [1.54, 1.807) is 6.20 Å². The lowest BCUT2D eigenvalue weighted by Gasteiger charge is -2.39. The minimum atomic E-state index is 0.298. The van der Waals surface area contributed by atoms with Gasteiger partial charge in [-0.15, -0.1) is 0 Å². The summed E-state index contributed by atoms with van der Waals surface area (Å²) in [5.74, 6) is 0.298. The average molecular weight is 282 g/mol. The normalized spacial score (nSPS) is 21.9. The molecule has 3 heterocycles. The van der Waals surface area contributed by atoms with Crippen LogP contribution in [0.4, 0.5) is 11.4 Å².